The van der Waals surface area contributed by atoms with Gasteiger partial charge in [-0.3, -0.25) is 4.79 Å². The molecule has 0 aliphatic carbocycles. The molecule has 2 aromatic heterocycles. The van der Waals surface area contributed by atoms with Crippen molar-refractivity contribution in [3.8, 4) is 11.5 Å². The van der Waals surface area contributed by atoms with E-state index < -0.39 is 0 Å². The molecule has 0 unspecified atom stereocenters. The van der Waals surface area contributed by atoms with Gasteiger partial charge in [-0.2, -0.15) is 0 Å². The van der Waals surface area contributed by atoms with Gasteiger partial charge in [-0.05, 0) is 46.6 Å². The average molecular weight is 441 g/mol. The van der Waals surface area contributed by atoms with Crippen molar-refractivity contribution in [3.63, 3.8) is 0 Å². The first-order chi connectivity index (χ1) is 12.1. The van der Waals surface area contributed by atoms with Crippen LogP contribution in [0.1, 0.15) is 28.9 Å². The van der Waals surface area contributed by atoms with E-state index in [4.69, 9.17) is 16.0 Å². The Morgan fingerprint density at radius 2 is 2.08 bits per heavy atom. The Kier molecular flexibility index (Phi) is 5.88. The number of rotatable bonds is 6. The Morgan fingerprint density at radius 3 is 2.76 bits per heavy atom. The molecular formula is C17H15BrClN3O2S. The number of halogens is 2. The topological polar surface area (TPSA) is 59.2 Å². The van der Waals surface area contributed by atoms with Gasteiger partial charge in [0.2, 0.25) is 11.8 Å². The molecule has 0 N–H and O–H groups in total. The van der Waals surface area contributed by atoms with Crippen molar-refractivity contribution < 1.29 is 9.21 Å². The molecule has 2 heterocycles. The molecule has 8 heteroatoms. The van der Waals surface area contributed by atoms with Gasteiger partial charge in [0, 0.05) is 6.54 Å². The van der Waals surface area contributed by atoms with Crippen molar-refractivity contribution in [2.24, 2.45) is 0 Å². The summed E-state index contributed by atoms with van der Waals surface area (Å²) in [6.07, 6.45) is 0.837. The minimum atomic E-state index is -0.0463. The van der Waals surface area contributed by atoms with E-state index in [0.29, 0.717) is 33.8 Å². The quantitative estimate of drug-likeness (QED) is 0.524. The molecule has 0 saturated heterocycles. The summed E-state index contributed by atoms with van der Waals surface area (Å²) >= 11 is 11.0. The average Bonchev–Trinajstić information content (AvgIpc) is 3.23. The van der Waals surface area contributed by atoms with Crippen LogP contribution >= 0.6 is 38.9 Å². The molecule has 0 bridgehead atoms. The molecule has 0 fully saturated rings. The van der Waals surface area contributed by atoms with Crippen LogP contribution in [0.5, 0.6) is 0 Å². The molecule has 0 spiro atoms. The normalized spacial score (nSPS) is 10.8. The van der Waals surface area contributed by atoms with Crippen LogP contribution in [0.15, 0.2) is 44.6 Å². The lowest BCUT2D eigenvalue weighted by molar-refractivity contribution is 0.0733. The van der Waals surface area contributed by atoms with Gasteiger partial charge in [0.05, 0.1) is 25.8 Å². The van der Waals surface area contributed by atoms with Gasteiger partial charge < -0.3 is 9.32 Å². The van der Waals surface area contributed by atoms with Crippen molar-refractivity contribution in [3.05, 3.63) is 56.0 Å². The van der Waals surface area contributed by atoms with E-state index in [9.17, 15) is 4.79 Å². The van der Waals surface area contributed by atoms with Gasteiger partial charge in [-0.15, -0.1) is 21.5 Å². The fourth-order valence-corrected chi connectivity index (χ4v) is 3.90. The van der Waals surface area contributed by atoms with E-state index in [0.717, 1.165) is 10.2 Å². The van der Waals surface area contributed by atoms with Gasteiger partial charge >= 0.3 is 0 Å². The zero-order valence-corrected chi connectivity index (χ0v) is 16.6. The number of carbonyl (C=O) groups excluding carboxylic acids is 1. The highest BCUT2D eigenvalue weighted by atomic mass is 79.9. The molecule has 1 aromatic carbocycles. The second-order valence-electron chi connectivity index (χ2n) is 5.31. The summed E-state index contributed by atoms with van der Waals surface area (Å²) in [4.78, 5) is 15.1. The van der Waals surface area contributed by atoms with Crippen LogP contribution in [0, 0.1) is 0 Å². The van der Waals surface area contributed by atoms with Crippen molar-refractivity contribution in [2.45, 2.75) is 19.9 Å². The first-order valence-electron chi connectivity index (χ1n) is 7.70. The van der Waals surface area contributed by atoms with Crippen molar-refractivity contribution in [1.82, 2.24) is 15.1 Å². The third-order valence-electron chi connectivity index (χ3n) is 3.46. The van der Waals surface area contributed by atoms with E-state index in [2.05, 4.69) is 26.1 Å². The van der Waals surface area contributed by atoms with E-state index in [1.165, 1.54) is 11.3 Å². The molecule has 3 aromatic rings. The zero-order valence-electron chi connectivity index (χ0n) is 13.4. The number of carbonyl (C=O) groups is 1. The zero-order chi connectivity index (χ0) is 17.8. The molecule has 25 heavy (non-hydrogen) atoms. The number of hydrogen-bond acceptors (Lipinski definition) is 5. The van der Waals surface area contributed by atoms with Crippen LogP contribution in [0.4, 0.5) is 0 Å². The molecule has 0 saturated carbocycles. The van der Waals surface area contributed by atoms with E-state index in [-0.39, 0.29) is 12.5 Å². The van der Waals surface area contributed by atoms with Crippen LogP contribution in [0.25, 0.3) is 11.5 Å². The Labute approximate surface area is 162 Å². The SMILES string of the molecule is CCCN(Cc1nnc(-c2ccccc2Cl)o1)C(=O)c1ccc(Br)s1. The van der Waals surface area contributed by atoms with Crippen LogP contribution < -0.4 is 0 Å². The monoisotopic (exact) mass is 439 g/mol. The van der Waals surface area contributed by atoms with Crippen molar-refractivity contribution >= 4 is 44.8 Å². The third kappa shape index (κ3) is 4.29. The van der Waals surface area contributed by atoms with E-state index >= 15 is 0 Å². The van der Waals surface area contributed by atoms with Gasteiger partial charge in [0.15, 0.2) is 0 Å². The maximum atomic E-state index is 12.7. The molecule has 1 amide bonds. The second kappa shape index (κ2) is 8.12. The molecule has 3 rings (SSSR count). The highest BCUT2D eigenvalue weighted by molar-refractivity contribution is 9.11. The van der Waals surface area contributed by atoms with E-state index in [1.807, 2.05) is 37.3 Å². The Balaban J connectivity index is 1.79. The van der Waals surface area contributed by atoms with Crippen LogP contribution in [-0.2, 0) is 6.54 Å². The van der Waals surface area contributed by atoms with Gasteiger partial charge in [-0.1, -0.05) is 30.7 Å². The summed E-state index contributed by atoms with van der Waals surface area (Å²) in [7, 11) is 0. The molecule has 0 radical (unpaired) electrons. The Bertz CT molecular complexity index is 880. The lowest BCUT2D eigenvalue weighted by Gasteiger charge is -2.19. The molecule has 5 nitrogen and oxygen atoms in total. The summed E-state index contributed by atoms with van der Waals surface area (Å²) in [5.74, 6) is 0.686. The Hall–Kier alpha value is -1.70. The predicted molar refractivity (Wildman–Crippen MR) is 102 cm³/mol. The molecular weight excluding hydrogens is 426 g/mol. The molecule has 0 aliphatic rings. The summed E-state index contributed by atoms with van der Waals surface area (Å²) < 4.78 is 6.63. The summed E-state index contributed by atoms with van der Waals surface area (Å²) in [6, 6.07) is 10.9. The number of thiophene rings is 1. The number of aromatic nitrogens is 2. The minimum Gasteiger partial charge on any atom is -0.419 e. The number of nitrogens with zero attached hydrogens (tertiary/aromatic N) is 3. The first-order valence-corrected chi connectivity index (χ1v) is 9.69. The van der Waals surface area contributed by atoms with Crippen LogP contribution in [0.2, 0.25) is 5.02 Å². The minimum absolute atomic E-state index is 0.0463. The van der Waals surface area contributed by atoms with Crippen LogP contribution in [0.3, 0.4) is 0 Å². The lowest BCUT2D eigenvalue weighted by atomic mass is 10.2. The van der Waals surface area contributed by atoms with Crippen LogP contribution in [-0.4, -0.2) is 27.5 Å². The highest BCUT2D eigenvalue weighted by Crippen LogP contribution is 2.27. The van der Waals surface area contributed by atoms with Gasteiger partial charge in [0.25, 0.3) is 5.91 Å². The fraction of sp³-hybridized carbons (Fsp3) is 0.235. The smallest absolute Gasteiger partial charge is 0.264 e. The molecule has 130 valence electrons. The number of hydrogen-bond donors (Lipinski definition) is 0. The van der Waals surface area contributed by atoms with E-state index in [1.54, 1.807) is 11.0 Å². The summed E-state index contributed by atoms with van der Waals surface area (Å²) in [5, 5.41) is 8.66. The lowest BCUT2D eigenvalue weighted by Crippen LogP contribution is -2.30. The van der Waals surface area contributed by atoms with Gasteiger partial charge in [0.1, 0.15) is 0 Å². The third-order valence-corrected chi connectivity index (χ3v) is 5.40. The second-order valence-corrected chi connectivity index (χ2v) is 8.18. The summed E-state index contributed by atoms with van der Waals surface area (Å²) in [6.45, 7) is 2.89. The predicted octanol–water partition coefficient (Wildman–Crippen LogP) is 5.27. The number of benzene rings is 1. The Morgan fingerprint density at radius 1 is 1.28 bits per heavy atom. The van der Waals surface area contributed by atoms with Crippen molar-refractivity contribution in [2.75, 3.05) is 6.54 Å². The number of amides is 1. The maximum Gasteiger partial charge on any atom is 0.264 e. The molecule has 0 aliphatic heterocycles. The maximum absolute atomic E-state index is 12.7. The molecule has 0 atom stereocenters. The van der Waals surface area contributed by atoms with Crippen molar-refractivity contribution in [1.29, 1.82) is 0 Å². The largest absolute Gasteiger partial charge is 0.419 e. The first kappa shape index (κ1) is 18.1. The summed E-state index contributed by atoms with van der Waals surface area (Å²) in [5.41, 5.74) is 0.679. The standard InChI is InChI=1S/C17H15BrClN3O2S/c1-2-9-22(17(23)13-7-8-14(18)25-13)10-15-20-21-16(24-15)11-5-3-4-6-12(11)19/h3-8H,2,9-10H2,1H3. The van der Waals surface area contributed by atoms with Gasteiger partial charge in [-0.25, -0.2) is 0 Å². The fourth-order valence-electron chi connectivity index (χ4n) is 2.33. The highest BCUT2D eigenvalue weighted by Gasteiger charge is 2.20.